The quantitative estimate of drug-likeness (QED) is 0.756. The largest absolute Gasteiger partial charge is 0.480 e. The van der Waals surface area contributed by atoms with Gasteiger partial charge in [-0.15, -0.1) is 0 Å². The van der Waals surface area contributed by atoms with Crippen molar-refractivity contribution < 1.29 is 14.3 Å². The van der Waals surface area contributed by atoms with Gasteiger partial charge in [0.15, 0.2) is 0 Å². The Kier molecular flexibility index (Phi) is 2.85. The third-order valence-electron chi connectivity index (χ3n) is 2.76. The lowest BCUT2D eigenvalue weighted by atomic mass is 10.1. The first-order valence-corrected chi connectivity index (χ1v) is 5.24. The van der Waals surface area contributed by atoms with E-state index in [2.05, 4.69) is 4.98 Å². The number of hydrogen-bond acceptors (Lipinski definition) is 2. The van der Waals surface area contributed by atoms with Gasteiger partial charge in [-0.1, -0.05) is 6.07 Å². The molecule has 0 saturated carbocycles. The fraction of sp³-hybridized carbons (Fsp3) is 0.250. The number of benzene rings is 1. The average Bonchev–Trinajstić information content (AvgIpc) is 2.68. The molecule has 0 saturated heterocycles. The Hall–Kier alpha value is -1.88. The second-order valence-electron chi connectivity index (χ2n) is 4.10. The van der Waals surface area contributed by atoms with Gasteiger partial charge in [0.05, 0.1) is 5.52 Å². The van der Waals surface area contributed by atoms with Gasteiger partial charge in [0.1, 0.15) is 11.9 Å². The van der Waals surface area contributed by atoms with Crippen molar-refractivity contribution in [3.63, 3.8) is 0 Å². The Labute approximate surface area is 97.2 Å². The lowest BCUT2D eigenvalue weighted by Gasteiger charge is -2.03. The van der Waals surface area contributed by atoms with Crippen LogP contribution in [-0.2, 0) is 11.2 Å². The van der Waals surface area contributed by atoms with Gasteiger partial charge in [-0.25, -0.2) is 4.39 Å². The fourth-order valence-corrected chi connectivity index (χ4v) is 1.82. The zero-order valence-electron chi connectivity index (χ0n) is 9.33. The van der Waals surface area contributed by atoms with Gasteiger partial charge in [0.2, 0.25) is 0 Å². The minimum Gasteiger partial charge on any atom is -0.480 e. The first-order chi connectivity index (χ1) is 7.99. The molecule has 0 spiro atoms. The van der Waals surface area contributed by atoms with E-state index in [1.54, 1.807) is 12.1 Å². The molecule has 0 amide bonds. The van der Waals surface area contributed by atoms with Crippen molar-refractivity contribution in [3.8, 4) is 0 Å². The molecule has 0 fully saturated rings. The zero-order chi connectivity index (χ0) is 12.6. The molecule has 1 atom stereocenters. The Balaban J connectivity index is 2.41. The number of fused-ring (bicyclic) bond motifs is 1. The number of halogens is 1. The van der Waals surface area contributed by atoms with E-state index in [-0.39, 0.29) is 12.2 Å². The molecule has 4 nitrogen and oxygen atoms in total. The maximum Gasteiger partial charge on any atom is 0.320 e. The summed E-state index contributed by atoms with van der Waals surface area (Å²) in [4.78, 5) is 13.6. The van der Waals surface area contributed by atoms with Crippen molar-refractivity contribution in [1.82, 2.24) is 4.98 Å². The number of aryl methyl sites for hydroxylation is 1. The zero-order valence-corrected chi connectivity index (χ0v) is 9.33. The van der Waals surface area contributed by atoms with Crippen LogP contribution < -0.4 is 5.73 Å². The average molecular weight is 236 g/mol. The third-order valence-corrected chi connectivity index (χ3v) is 2.76. The fourth-order valence-electron chi connectivity index (χ4n) is 1.82. The molecule has 1 aromatic heterocycles. The number of aromatic nitrogens is 1. The Morgan fingerprint density at radius 3 is 2.88 bits per heavy atom. The van der Waals surface area contributed by atoms with Crippen LogP contribution in [0.15, 0.2) is 18.2 Å². The van der Waals surface area contributed by atoms with Crippen LogP contribution in [0.3, 0.4) is 0 Å². The maximum absolute atomic E-state index is 13.5. The standard InChI is InChI=1S/C12H13FN2O2/c1-6-2-3-9(13)8-4-7(15-11(6)8)5-10(14)12(16)17/h2-4,10,15H,5,14H2,1H3,(H,16,17)/t10-/m0/s1. The summed E-state index contributed by atoms with van der Waals surface area (Å²) in [7, 11) is 0. The van der Waals surface area contributed by atoms with Crippen molar-refractivity contribution in [2.45, 2.75) is 19.4 Å². The minimum absolute atomic E-state index is 0.156. The Bertz CT molecular complexity index is 538. The second kappa shape index (κ2) is 4.18. The number of nitrogens with two attached hydrogens (primary N) is 1. The number of carboxylic acid groups (broad SMARTS) is 1. The summed E-state index contributed by atoms with van der Waals surface area (Å²) in [5.74, 6) is -1.39. The van der Waals surface area contributed by atoms with E-state index in [1.165, 1.54) is 6.07 Å². The van der Waals surface area contributed by atoms with E-state index in [9.17, 15) is 9.18 Å². The molecule has 90 valence electrons. The number of nitrogens with one attached hydrogen (secondary N) is 1. The molecule has 17 heavy (non-hydrogen) atoms. The monoisotopic (exact) mass is 236 g/mol. The highest BCUT2D eigenvalue weighted by Crippen LogP contribution is 2.22. The summed E-state index contributed by atoms with van der Waals surface area (Å²) in [5, 5.41) is 9.18. The van der Waals surface area contributed by atoms with Crippen LogP contribution in [0, 0.1) is 12.7 Å². The minimum atomic E-state index is -1.07. The Morgan fingerprint density at radius 1 is 1.59 bits per heavy atom. The maximum atomic E-state index is 13.5. The van der Waals surface area contributed by atoms with Crippen LogP contribution in [0.5, 0.6) is 0 Å². The molecule has 0 aliphatic rings. The van der Waals surface area contributed by atoms with Crippen molar-refractivity contribution in [2.75, 3.05) is 0 Å². The molecule has 0 bridgehead atoms. The van der Waals surface area contributed by atoms with Gasteiger partial charge < -0.3 is 15.8 Å². The van der Waals surface area contributed by atoms with Crippen LogP contribution in [0.2, 0.25) is 0 Å². The lowest BCUT2D eigenvalue weighted by Crippen LogP contribution is -2.32. The predicted octanol–water partition coefficient (Wildman–Crippen LogP) is 1.57. The van der Waals surface area contributed by atoms with E-state index in [0.29, 0.717) is 16.6 Å². The summed E-state index contributed by atoms with van der Waals surface area (Å²) in [6, 6.07) is 3.70. The Morgan fingerprint density at radius 2 is 2.29 bits per heavy atom. The van der Waals surface area contributed by atoms with Crippen molar-refractivity contribution in [3.05, 3.63) is 35.3 Å². The predicted molar refractivity (Wildman–Crippen MR) is 62.3 cm³/mol. The molecule has 0 aliphatic carbocycles. The van der Waals surface area contributed by atoms with Crippen molar-refractivity contribution >= 4 is 16.9 Å². The number of aliphatic carboxylic acids is 1. The topological polar surface area (TPSA) is 79.1 Å². The van der Waals surface area contributed by atoms with Gasteiger partial charge in [0.25, 0.3) is 0 Å². The van der Waals surface area contributed by atoms with E-state index in [1.807, 2.05) is 6.92 Å². The molecule has 4 N–H and O–H groups in total. The second-order valence-corrected chi connectivity index (χ2v) is 4.10. The summed E-state index contributed by atoms with van der Waals surface area (Å²) >= 11 is 0. The van der Waals surface area contributed by atoms with Gasteiger partial charge in [0, 0.05) is 17.5 Å². The molecule has 0 radical (unpaired) electrons. The molecule has 5 heteroatoms. The van der Waals surface area contributed by atoms with Crippen LogP contribution in [0.1, 0.15) is 11.3 Å². The first kappa shape index (κ1) is 11.6. The lowest BCUT2D eigenvalue weighted by molar-refractivity contribution is -0.138. The van der Waals surface area contributed by atoms with Crippen LogP contribution in [0.4, 0.5) is 4.39 Å². The van der Waals surface area contributed by atoms with Crippen LogP contribution in [-0.4, -0.2) is 22.1 Å². The van der Waals surface area contributed by atoms with Crippen LogP contribution in [0.25, 0.3) is 10.9 Å². The number of rotatable bonds is 3. The molecule has 2 rings (SSSR count). The number of H-pyrrole nitrogens is 1. The number of carbonyl (C=O) groups is 1. The van der Waals surface area contributed by atoms with Gasteiger partial charge in [-0.05, 0) is 24.6 Å². The highest BCUT2D eigenvalue weighted by Gasteiger charge is 2.15. The first-order valence-electron chi connectivity index (χ1n) is 5.24. The molecular weight excluding hydrogens is 223 g/mol. The molecule has 1 heterocycles. The number of carboxylic acids is 1. The number of hydrogen-bond donors (Lipinski definition) is 3. The third kappa shape index (κ3) is 2.14. The van der Waals surface area contributed by atoms with Gasteiger partial charge in [-0.3, -0.25) is 4.79 Å². The molecule has 2 aromatic rings. The van der Waals surface area contributed by atoms with Gasteiger partial charge in [-0.2, -0.15) is 0 Å². The SMILES string of the molecule is Cc1ccc(F)c2cc(C[C@H](N)C(=O)O)[nH]c12. The van der Waals surface area contributed by atoms with Gasteiger partial charge >= 0.3 is 5.97 Å². The smallest absolute Gasteiger partial charge is 0.320 e. The normalized spacial score (nSPS) is 12.9. The molecular formula is C12H13FN2O2. The number of aromatic amines is 1. The highest BCUT2D eigenvalue weighted by atomic mass is 19.1. The summed E-state index contributed by atoms with van der Waals surface area (Å²) < 4.78 is 13.5. The van der Waals surface area contributed by atoms with Crippen molar-refractivity contribution in [2.24, 2.45) is 5.73 Å². The molecule has 1 aromatic carbocycles. The summed E-state index contributed by atoms with van der Waals surface area (Å²) in [6.07, 6.45) is 0.156. The van der Waals surface area contributed by atoms with Crippen molar-refractivity contribution in [1.29, 1.82) is 0 Å². The molecule has 0 aliphatic heterocycles. The highest BCUT2D eigenvalue weighted by molar-refractivity contribution is 5.84. The molecule has 0 unspecified atom stereocenters. The van der Waals surface area contributed by atoms with E-state index in [4.69, 9.17) is 10.8 Å². The van der Waals surface area contributed by atoms with E-state index >= 15 is 0 Å². The van der Waals surface area contributed by atoms with E-state index < -0.39 is 12.0 Å². The van der Waals surface area contributed by atoms with Crippen LogP contribution >= 0.6 is 0 Å². The summed E-state index contributed by atoms with van der Waals surface area (Å²) in [5.41, 5.74) is 7.67. The summed E-state index contributed by atoms with van der Waals surface area (Å²) in [6.45, 7) is 1.86. The van der Waals surface area contributed by atoms with E-state index in [0.717, 1.165) is 5.56 Å².